The topological polar surface area (TPSA) is 151 Å². The highest BCUT2D eigenvalue weighted by molar-refractivity contribution is 5.93. The summed E-state index contributed by atoms with van der Waals surface area (Å²) in [4.78, 5) is 48.6. The molecule has 3 amide bonds. The predicted octanol–water partition coefficient (Wildman–Crippen LogP) is 0.621. The number of rotatable bonds is 12. The lowest BCUT2D eigenvalue weighted by molar-refractivity contribution is -0.143. The summed E-state index contributed by atoms with van der Waals surface area (Å²) in [6.07, 6.45) is 0.612. The van der Waals surface area contributed by atoms with Crippen LogP contribution in [-0.4, -0.2) is 53.0 Å². The minimum absolute atomic E-state index is 0.0786. The lowest BCUT2D eigenvalue weighted by Crippen LogP contribution is -2.57. The minimum Gasteiger partial charge on any atom is -0.480 e. The number of carboxylic acids is 1. The number of nitrogens with two attached hydrogens (primary N) is 1. The van der Waals surface area contributed by atoms with E-state index in [1.807, 2.05) is 27.7 Å². The Morgan fingerprint density at radius 1 is 0.724 bits per heavy atom. The molecule has 0 aromatic rings. The molecule has 0 aliphatic rings. The molecule has 0 heterocycles. The van der Waals surface area contributed by atoms with Crippen molar-refractivity contribution < 1.29 is 24.3 Å². The standard InChI is InChI=1S/C20H38N4O5/c1-10(2)8-14(18(26)24-15(20(28)29)9-11(3)4)23-17(25)13(7)22-19(27)16(21)12(5)6/h10-16H,8-9,21H2,1-7H3,(H,22,27)(H,23,25)(H,24,26)(H,28,29). The second-order valence-corrected chi connectivity index (χ2v) is 8.72. The lowest BCUT2D eigenvalue weighted by Gasteiger charge is -2.25. The third-order valence-electron chi connectivity index (χ3n) is 4.43. The maximum atomic E-state index is 12.7. The van der Waals surface area contributed by atoms with Crippen LogP contribution in [0, 0.1) is 17.8 Å². The number of hydrogen-bond donors (Lipinski definition) is 5. The van der Waals surface area contributed by atoms with E-state index in [9.17, 15) is 24.3 Å². The van der Waals surface area contributed by atoms with E-state index in [0.29, 0.717) is 6.42 Å². The van der Waals surface area contributed by atoms with Crippen molar-refractivity contribution in [1.82, 2.24) is 16.0 Å². The van der Waals surface area contributed by atoms with Crippen LogP contribution in [-0.2, 0) is 19.2 Å². The van der Waals surface area contributed by atoms with Crippen LogP contribution in [0.3, 0.4) is 0 Å². The maximum Gasteiger partial charge on any atom is 0.326 e. The van der Waals surface area contributed by atoms with E-state index >= 15 is 0 Å². The van der Waals surface area contributed by atoms with Gasteiger partial charge >= 0.3 is 5.97 Å². The van der Waals surface area contributed by atoms with Gasteiger partial charge in [-0.25, -0.2) is 4.79 Å². The molecule has 0 saturated carbocycles. The number of nitrogens with one attached hydrogen (secondary N) is 3. The molecule has 4 atom stereocenters. The van der Waals surface area contributed by atoms with E-state index in [0.717, 1.165) is 0 Å². The van der Waals surface area contributed by atoms with Crippen molar-refractivity contribution in [3.8, 4) is 0 Å². The molecular formula is C20H38N4O5. The summed E-state index contributed by atoms with van der Waals surface area (Å²) in [5.41, 5.74) is 5.78. The molecule has 29 heavy (non-hydrogen) atoms. The quantitative estimate of drug-likeness (QED) is 0.316. The Morgan fingerprint density at radius 2 is 1.17 bits per heavy atom. The highest BCUT2D eigenvalue weighted by Crippen LogP contribution is 2.09. The first kappa shape index (κ1) is 26.8. The summed E-state index contributed by atoms with van der Waals surface area (Å²) in [6, 6.07) is -3.57. The Labute approximate surface area is 173 Å². The maximum absolute atomic E-state index is 12.7. The molecule has 0 aliphatic carbocycles. The zero-order valence-electron chi connectivity index (χ0n) is 18.6. The first-order valence-electron chi connectivity index (χ1n) is 10.2. The molecule has 6 N–H and O–H groups in total. The number of carbonyl (C=O) groups is 4. The van der Waals surface area contributed by atoms with Crippen LogP contribution in [0.1, 0.15) is 61.3 Å². The van der Waals surface area contributed by atoms with Crippen LogP contribution in [0.15, 0.2) is 0 Å². The normalized spacial score (nSPS) is 15.6. The Kier molecular flexibility index (Phi) is 11.5. The van der Waals surface area contributed by atoms with Crippen molar-refractivity contribution in [3.05, 3.63) is 0 Å². The second kappa shape index (κ2) is 12.4. The van der Waals surface area contributed by atoms with E-state index in [1.54, 1.807) is 13.8 Å². The van der Waals surface area contributed by atoms with Gasteiger partial charge in [-0.2, -0.15) is 0 Å². The molecule has 4 unspecified atom stereocenters. The van der Waals surface area contributed by atoms with Crippen LogP contribution < -0.4 is 21.7 Å². The van der Waals surface area contributed by atoms with Crippen molar-refractivity contribution in [3.63, 3.8) is 0 Å². The molecule has 0 saturated heterocycles. The zero-order valence-corrected chi connectivity index (χ0v) is 18.6. The molecule has 0 aromatic carbocycles. The van der Waals surface area contributed by atoms with Crippen molar-refractivity contribution in [2.45, 2.75) is 85.5 Å². The summed E-state index contributed by atoms with van der Waals surface area (Å²) in [5.74, 6) is -2.59. The minimum atomic E-state index is -1.12. The highest BCUT2D eigenvalue weighted by atomic mass is 16.4. The van der Waals surface area contributed by atoms with Crippen LogP contribution in [0.2, 0.25) is 0 Å². The monoisotopic (exact) mass is 414 g/mol. The SMILES string of the molecule is CC(C)CC(NC(=O)C(CC(C)C)NC(=O)C(C)NC(=O)C(N)C(C)C)C(=O)O. The van der Waals surface area contributed by atoms with Gasteiger partial charge in [0, 0.05) is 0 Å². The summed E-state index contributed by atoms with van der Waals surface area (Å²) >= 11 is 0. The largest absolute Gasteiger partial charge is 0.480 e. The Morgan fingerprint density at radius 3 is 1.59 bits per heavy atom. The smallest absolute Gasteiger partial charge is 0.326 e. The van der Waals surface area contributed by atoms with Gasteiger partial charge in [-0.15, -0.1) is 0 Å². The Balaban J connectivity index is 5.13. The highest BCUT2D eigenvalue weighted by Gasteiger charge is 2.29. The third-order valence-corrected chi connectivity index (χ3v) is 4.43. The molecule has 9 heteroatoms. The van der Waals surface area contributed by atoms with Gasteiger partial charge in [-0.3, -0.25) is 14.4 Å². The average molecular weight is 415 g/mol. The number of carboxylic acid groups (broad SMARTS) is 1. The zero-order chi connectivity index (χ0) is 22.9. The van der Waals surface area contributed by atoms with Crippen LogP contribution in [0.4, 0.5) is 0 Å². The van der Waals surface area contributed by atoms with E-state index in [-0.39, 0.29) is 24.2 Å². The molecule has 0 aromatic heterocycles. The van der Waals surface area contributed by atoms with E-state index in [2.05, 4.69) is 16.0 Å². The fraction of sp³-hybridized carbons (Fsp3) is 0.800. The number of carbonyl (C=O) groups excluding carboxylic acids is 3. The Hall–Kier alpha value is -2.16. The number of amides is 3. The van der Waals surface area contributed by atoms with Gasteiger partial charge in [0.1, 0.15) is 18.1 Å². The molecule has 0 spiro atoms. The van der Waals surface area contributed by atoms with Crippen molar-refractivity contribution in [2.75, 3.05) is 0 Å². The first-order chi connectivity index (χ1) is 13.3. The van der Waals surface area contributed by atoms with E-state index in [4.69, 9.17) is 5.73 Å². The molecule has 0 fully saturated rings. The number of hydrogen-bond acceptors (Lipinski definition) is 5. The van der Waals surface area contributed by atoms with Crippen molar-refractivity contribution in [1.29, 1.82) is 0 Å². The molecule has 0 rings (SSSR count). The van der Waals surface area contributed by atoms with Crippen LogP contribution in [0.25, 0.3) is 0 Å². The predicted molar refractivity (Wildman–Crippen MR) is 111 cm³/mol. The van der Waals surface area contributed by atoms with Crippen LogP contribution >= 0.6 is 0 Å². The molecule has 0 radical (unpaired) electrons. The number of aliphatic carboxylic acids is 1. The van der Waals surface area contributed by atoms with Gasteiger partial charge < -0.3 is 26.8 Å². The molecule has 0 aliphatic heterocycles. The molecule has 0 bridgehead atoms. The molecule has 9 nitrogen and oxygen atoms in total. The first-order valence-corrected chi connectivity index (χ1v) is 10.2. The Bertz CT molecular complexity index is 577. The van der Waals surface area contributed by atoms with Gasteiger partial charge in [0.15, 0.2) is 0 Å². The summed E-state index contributed by atoms with van der Waals surface area (Å²) in [6.45, 7) is 12.6. The molecular weight excluding hydrogens is 376 g/mol. The van der Waals surface area contributed by atoms with Gasteiger partial charge in [-0.1, -0.05) is 41.5 Å². The average Bonchev–Trinajstić information content (AvgIpc) is 2.58. The fourth-order valence-corrected chi connectivity index (χ4v) is 2.64. The summed E-state index contributed by atoms with van der Waals surface area (Å²) in [5, 5.41) is 17.0. The van der Waals surface area contributed by atoms with Crippen molar-refractivity contribution in [2.24, 2.45) is 23.5 Å². The van der Waals surface area contributed by atoms with Gasteiger partial charge in [0.25, 0.3) is 0 Å². The van der Waals surface area contributed by atoms with E-state index < -0.39 is 47.9 Å². The van der Waals surface area contributed by atoms with Gasteiger partial charge in [0.2, 0.25) is 17.7 Å². The van der Waals surface area contributed by atoms with Gasteiger partial charge in [0.05, 0.1) is 6.04 Å². The molecule has 168 valence electrons. The summed E-state index contributed by atoms with van der Waals surface area (Å²) in [7, 11) is 0. The fourth-order valence-electron chi connectivity index (χ4n) is 2.64. The summed E-state index contributed by atoms with van der Waals surface area (Å²) < 4.78 is 0. The van der Waals surface area contributed by atoms with Gasteiger partial charge in [-0.05, 0) is 37.5 Å². The third kappa shape index (κ3) is 10.3. The van der Waals surface area contributed by atoms with E-state index in [1.165, 1.54) is 6.92 Å². The second-order valence-electron chi connectivity index (χ2n) is 8.72. The lowest BCUT2D eigenvalue weighted by atomic mass is 10.00. The van der Waals surface area contributed by atoms with Crippen LogP contribution in [0.5, 0.6) is 0 Å². The van der Waals surface area contributed by atoms with Crippen molar-refractivity contribution >= 4 is 23.7 Å².